The SMILES string of the molecule is CC.CC.OB(O)c1ccc2c3ccccc3c3ccc(B(O)O)c4sc1c2c43. The molecule has 4 nitrogen and oxygen atoms in total. The lowest BCUT2D eigenvalue weighted by Crippen LogP contribution is -2.30. The van der Waals surface area contributed by atoms with Crippen LogP contribution in [-0.4, -0.2) is 34.3 Å². The van der Waals surface area contributed by atoms with E-state index in [0.29, 0.717) is 10.9 Å². The molecule has 7 heteroatoms. The standard InChI is InChI=1S/C18H12B2O4S.2C2H6/c21-19(22)13-7-5-11-9-3-1-2-4-10(9)12-6-8-14(20(23)24)18-16(12)15(11)17(13)25-18;2*1-2/h1-8,21-24H;2*1-2H3. The second kappa shape index (κ2) is 8.69. The topological polar surface area (TPSA) is 80.9 Å². The Kier molecular flexibility index (Phi) is 6.46. The Morgan fingerprint density at radius 2 is 0.931 bits per heavy atom. The summed E-state index contributed by atoms with van der Waals surface area (Å²) in [6, 6.07) is 15.4. The van der Waals surface area contributed by atoms with Crippen molar-refractivity contribution >= 4 is 78.2 Å². The molecule has 1 aromatic heterocycles. The Hall–Kier alpha value is -2.15. The van der Waals surface area contributed by atoms with E-state index in [1.54, 1.807) is 12.1 Å². The highest BCUT2D eigenvalue weighted by Gasteiger charge is 2.25. The van der Waals surface area contributed by atoms with E-state index in [-0.39, 0.29) is 0 Å². The van der Waals surface area contributed by atoms with Crippen LogP contribution in [0.3, 0.4) is 0 Å². The molecule has 0 atom stereocenters. The molecule has 5 rings (SSSR count). The summed E-state index contributed by atoms with van der Waals surface area (Å²) in [7, 11) is -3.16. The predicted molar refractivity (Wildman–Crippen MR) is 128 cm³/mol. The van der Waals surface area contributed by atoms with Crippen LogP contribution in [0.25, 0.3) is 41.7 Å². The summed E-state index contributed by atoms with van der Waals surface area (Å²) in [4.78, 5) is 0. The highest BCUT2D eigenvalue weighted by Crippen LogP contribution is 2.43. The fraction of sp³-hybridized carbons (Fsp3) is 0.182. The third-order valence-electron chi connectivity index (χ3n) is 4.89. The number of thiophene rings is 1. The van der Waals surface area contributed by atoms with E-state index < -0.39 is 14.2 Å². The summed E-state index contributed by atoms with van der Waals surface area (Å²) in [6.45, 7) is 8.00. The van der Waals surface area contributed by atoms with Crippen LogP contribution in [0.5, 0.6) is 0 Å². The summed E-state index contributed by atoms with van der Waals surface area (Å²) in [5.74, 6) is 0. The van der Waals surface area contributed by atoms with Gasteiger partial charge >= 0.3 is 14.2 Å². The van der Waals surface area contributed by atoms with E-state index in [1.165, 1.54) is 11.3 Å². The minimum Gasteiger partial charge on any atom is -0.423 e. The van der Waals surface area contributed by atoms with E-state index in [4.69, 9.17) is 0 Å². The molecule has 0 radical (unpaired) electrons. The number of hydrogen-bond acceptors (Lipinski definition) is 5. The van der Waals surface area contributed by atoms with Gasteiger partial charge in [0.05, 0.1) is 0 Å². The van der Waals surface area contributed by atoms with E-state index in [9.17, 15) is 20.1 Å². The molecule has 1 heterocycles. The molecule has 0 aliphatic carbocycles. The van der Waals surface area contributed by atoms with E-state index >= 15 is 0 Å². The van der Waals surface area contributed by atoms with Crippen LogP contribution in [0.4, 0.5) is 0 Å². The zero-order chi connectivity index (χ0) is 21.3. The maximum absolute atomic E-state index is 9.76. The average Bonchev–Trinajstić information content (AvgIpc) is 3.15. The second-order valence-electron chi connectivity index (χ2n) is 6.21. The molecule has 4 N–H and O–H groups in total. The molecule has 0 fully saturated rings. The third-order valence-corrected chi connectivity index (χ3v) is 6.18. The minimum absolute atomic E-state index is 0.434. The molecule has 148 valence electrons. The van der Waals surface area contributed by atoms with E-state index in [0.717, 1.165) is 41.7 Å². The quantitative estimate of drug-likeness (QED) is 0.268. The number of benzene rings is 4. The highest BCUT2D eigenvalue weighted by molar-refractivity contribution is 7.28. The van der Waals surface area contributed by atoms with Crippen LogP contribution >= 0.6 is 11.3 Å². The molecule has 0 saturated carbocycles. The van der Waals surface area contributed by atoms with Gasteiger partial charge in [-0.1, -0.05) is 76.2 Å². The fourth-order valence-electron chi connectivity index (χ4n) is 3.82. The predicted octanol–water partition coefficient (Wildman–Crippen LogP) is 3.21. The Morgan fingerprint density at radius 1 is 0.552 bits per heavy atom. The van der Waals surface area contributed by atoms with Gasteiger partial charge in [0.2, 0.25) is 0 Å². The molecule has 5 aromatic rings. The summed E-state index contributed by atoms with van der Waals surface area (Å²) < 4.78 is 1.54. The lowest BCUT2D eigenvalue weighted by Gasteiger charge is -2.11. The van der Waals surface area contributed by atoms with Crippen molar-refractivity contribution in [2.24, 2.45) is 0 Å². The zero-order valence-electron chi connectivity index (χ0n) is 17.0. The van der Waals surface area contributed by atoms with Crippen molar-refractivity contribution in [3.8, 4) is 0 Å². The highest BCUT2D eigenvalue weighted by atomic mass is 32.1. The Bertz CT molecular complexity index is 1170. The van der Waals surface area contributed by atoms with Crippen molar-refractivity contribution < 1.29 is 20.1 Å². The summed E-state index contributed by atoms with van der Waals surface area (Å²) in [6.07, 6.45) is 0. The largest absolute Gasteiger partial charge is 0.489 e. The van der Waals surface area contributed by atoms with Crippen LogP contribution in [0, 0.1) is 0 Å². The van der Waals surface area contributed by atoms with Crippen molar-refractivity contribution in [1.82, 2.24) is 0 Å². The molecule has 0 aliphatic rings. The fourth-order valence-corrected chi connectivity index (χ4v) is 5.24. The van der Waals surface area contributed by atoms with E-state index in [2.05, 4.69) is 12.1 Å². The molecular formula is C22H24B2O4S. The molecule has 0 spiro atoms. The first-order valence-corrected chi connectivity index (χ1v) is 10.7. The van der Waals surface area contributed by atoms with Gasteiger partial charge in [0, 0.05) is 20.2 Å². The van der Waals surface area contributed by atoms with Crippen molar-refractivity contribution in [1.29, 1.82) is 0 Å². The van der Waals surface area contributed by atoms with Crippen molar-refractivity contribution in [2.75, 3.05) is 0 Å². The van der Waals surface area contributed by atoms with Gasteiger partial charge in [-0.15, -0.1) is 11.3 Å². The summed E-state index contributed by atoms with van der Waals surface area (Å²) in [5, 5.41) is 45.2. The normalized spacial score (nSPS) is 10.8. The van der Waals surface area contributed by atoms with E-state index in [1.807, 2.05) is 52.0 Å². The maximum Gasteiger partial charge on any atom is 0.489 e. The summed E-state index contributed by atoms with van der Waals surface area (Å²) in [5.41, 5.74) is 0.868. The molecule has 0 bridgehead atoms. The van der Waals surface area contributed by atoms with Gasteiger partial charge in [0.15, 0.2) is 0 Å². The molecule has 29 heavy (non-hydrogen) atoms. The monoisotopic (exact) mass is 406 g/mol. The third kappa shape index (κ3) is 3.29. The van der Waals surface area contributed by atoms with Crippen molar-refractivity contribution in [3.63, 3.8) is 0 Å². The first kappa shape index (κ1) is 21.6. The van der Waals surface area contributed by atoms with Gasteiger partial charge in [-0.05, 0) is 32.5 Å². The lowest BCUT2D eigenvalue weighted by atomic mass is 9.76. The first-order chi connectivity index (χ1) is 14.1. The van der Waals surface area contributed by atoms with Crippen LogP contribution in [-0.2, 0) is 0 Å². The van der Waals surface area contributed by atoms with Gasteiger partial charge < -0.3 is 20.1 Å². The van der Waals surface area contributed by atoms with Crippen molar-refractivity contribution in [2.45, 2.75) is 27.7 Å². The van der Waals surface area contributed by atoms with Gasteiger partial charge in [0.1, 0.15) is 0 Å². The van der Waals surface area contributed by atoms with Crippen molar-refractivity contribution in [3.05, 3.63) is 48.5 Å². The van der Waals surface area contributed by atoms with Crippen LogP contribution in [0.15, 0.2) is 48.5 Å². The Labute approximate surface area is 174 Å². The average molecular weight is 406 g/mol. The Balaban J connectivity index is 0.000000568. The van der Waals surface area contributed by atoms with Gasteiger partial charge in [-0.25, -0.2) is 0 Å². The molecular weight excluding hydrogens is 382 g/mol. The first-order valence-electron chi connectivity index (χ1n) is 9.92. The molecule has 0 saturated heterocycles. The molecule has 0 aliphatic heterocycles. The number of fused-ring (bicyclic) bond motifs is 3. The lowest BCUT2D eigenvalue weighted by molar-refractivity contribution is 0.425. The number of hydrogen-bond donors (Lipinski definition) is 4. The zero-order valence-corrected chi connectivity index (χ0v) is 17.8. The maximum atomic E-state index is 9.76. The van der Waals surface area contributed by atoms with Crippen LogP contribution in [0.1, 0.15) is 27.7 Å². The molecule has 0 unspecified atom stereocenters. The number of rotatable bonds is 2. The van der Waals surface area contributed by atoms with Crippen LogP contribution in [0.2, 0.25) is 0 Å². The molecule has 4 aromatic carbocycles. The minimum atomic E-state index is -1.58. The second-order valence-corrected chi connectivity index (χ2v) is 7.23. The summed E-state index contributed by atoms with van der Waals surface area (Å²) >= 11 is 1.37. The smallest absolute Gasteiger partial charge is 0.423 e. The van der Waals surface area contributed by atoms with Gasteiger partial charge in [-0.2, -0.15) is 0 Å². The van der Waals surface area contributed by atoms with Crippen LogP contribution < -0.4 is 10.9 Å². The Morgan fingerprint density at radius 3 is 1.28 bits per heavy atom. The van der Waals surface area contributed by atoms with Gasteiger partial charge in [0.25, 0.3) is 0 Å². The molecule has 0 amide bonds. The van der Waals surface area contributed by atoms with Gasteiger partial charge in [-0.3, -0.25) is 0 Å².